The summed E-state index contributed by atoms with van der Waals surface area (Å²) < 4.78 is 0. The number of thiazole rings is 1. The van der Waals surface area contributed by atoms with Crippen LogP contribution < -0.4 is 5.32 Å². The van der Waals surface area contributed by atoms with Gasteiger partial charge >= 0.3 is 0 Å². The van der Waals surface area contributed by atoms with Gasteiger partial charge in [-0.25, -0.2) is 0 Å². The summed E-state index contributed by atoms with van der Waals surface area (Å²) in [5.41, 5.74) is 2.13. The molecule has 0 aliphatic carbocycles. The molecule has 0 fully saturated rings. The third kappa shape index (κ3) is 4.27. The van der Waals surface area contributed by atoms with Gasteiger partial charge in [0.2, 0.25) is 0 Å². The van der Waals surface area contributed by atoms with Gasteiger partial charge in [-0.3, -0.25) is 9.88 Å². The number of likely N-dealkylation sites (N-methyl/N-ethyl adjacent to an activating group) is 1. The summed E-state index contributed by atoms with van der Waals surface area (Å²) >= 11 is 1.77. The number of nitrogens with one attached hydrogen (secondary N) is 1. The number of hydrogen-bond donors (Lipinski definition) is 1. The molecular formula is C16H31N3S. The molecule has 2 unspecified atom stereocenters. The molecule has 3 nitrogen and oxygen atoms in total. The van der Waals surface area contributed by atoms with Crippen LogP contribution in [0.1, 0.15) is 52.3 Å². The molecule has 0 saturated heterocycles. The molecule has 0 saturated carbocycles. The smallest absolute Gasteiger partial charge is 0.0794 e. The lowest BCUT2D eigenvalue weighted by Crippen LogP contribution is -2.60. The summed E-state index contributed by atoms with van der Waals surface area (Å²) in [6.45, 7) is 14.8. The minimum Gasteiger partial charge on any atom is -0.312 e. The first kappa shape index (κ1) is 17.6. The van der Waals surface area contributed by atoms with Gasteiger partial charge in [0.25, 0.3) is 0 Å². The first-order valence-corrected chi connectivity index (χ1v) is 8.86. The Kier molecular flexibility index (Phi) is 7.70. The molecule has 0 aromatic carbocycles. The topological polar surface area (TPSA) is 28.2 Å². The van der Waals surface area contributed by atoms with E-state index in [1.165, 1.54) is 11.3 Å². The van der Waals surface area contributed by atoms with Gasteiger partial charge < -0.3 is 5.32 Å². The van der Waals surface area contributed by atoms with Gasteiger partial charge in [-0.05, 0) is 39.4 Å². The van der Waals surface area contributed by atoms with Crippen molar-refractivity contribution in [3.05, 3.63) is 16.6 Å². The van der Waals surface area contributed by atoms with Crippen molar-refractivity contribution in [3.8, 4) is 0 Å². The molecule has 2 atom stereocenters. The molecule has 4 heteroatoms. The highest BCUT2D eigenvalue weighted by Gasteiger charge is 2.36. The summed E-state index contributed by atoms with van der Waals surface area (Å²) in [6, 6.07) is 0.479. The summed E-state index contributed by atoms with van der Waals surface area (Å²) in [6.07, 6.45) is 5.43. The van der Waals surface area contributed by atoms with Crippen LogP contribution >= 0.6 is 11.3 Å². The number of hydrogen-bond acceptors (Lipinski definition) is 4. The van der Waals surface area contributed by atoms with Crippen molar-refractivity contribution < 1.29 is 0 Å². The predicted octanol–water partition coefficient (Wildman–Crippen LogP) is 3.56. The fraction of sp³-hybridized carbons (Fsp3) is 0.812. The zero-order valence-corrected chi connectivity index (χ0v) is 14.6. The average molecular weight is 298 g/mol. The zero-order chi connectivity index (χ0) is 15.0. The third-order valence-electron chi connectivity index (χ3n) is 4.48. The summed E-state index contributed by atoms with van der Waals surface area (Å²) in [7, 11) is 0. The van der Waals surface area contributed by atoms with Crippen molar-refractivity contribution in [1.82, 2.24) is 15.2 Å². The van der Waals surface area contributed by atoms with Gasteiger partial charge in [-0.15, -0.1) is 11.3 Å². The molecule has 0 aliphatic rings. The van der Waals surface area contributed by atoms with Crippen LogP contribution in [0.5, 0.6) is 0 Å². The molecule has 1 N–H and O–H groups in total. The van der Waals surface area contributed by atoms with E-state index in [0.29, 0.717) is 6.04 Å². The van der Waals surface area contributed by atoms with E-state index in [2.05, 4.69) is 49.8 Å². The summed E-state index contributed by atoms with van der Waals surface area (Å²) in [5, 5.41) is 3.79. The molecule has 116 valence electrons. The van der Waals surface area contributed by atoms with Crippen molar-refractivity contribution in [3.63, 3.8) is 0 Å². The summed E-state index contributed by atoms with van der Waals surface area (Å²) in [4.78, 5) is 8.20. The van der Waals surface area contributed by atoms with E-state index in [4.69, 9.17) is 0 Å². The van der Waals surface area contributed by atoms with Gasteiger partial charge in [-0.2, -0.15) is 0 Å². The maximum Gasteiger partial charge on any atom is 0.0794 e. The normalized spacial score (nSPS) is 16.3. The number of rotatable bonds is 10. The molecule has 0 radical (unpaired) electrons. The number of nitrogens with zero attached hydrogens (tertiary/aromatic N) is 2. The largest absolute Gasteiger partial charge is 0.312 e. The van der Waals surface area contributed by atoms with Crippen LogP contribution in [-0.2, 0) is 6.42 Å². The van der Waals surface area contributed by atoms with Crippen LogP contribution in [0.15, 0.2) is 11.7 Å². The Morgan fingerprint density at radius 1 is 1.30 bits per heavy atom. The van der Waals surface area contributed by atoms with Crippen LogP contribution in [0.2, 0.25) is 0 Å². The van der Waals surface area contributed by atoms with Crippen LogP contribution in [-0.4, -0.2) is 41.1 Å². The Labute approximate surface area is 128 Å². The zero-order valence-electron chi connectivity index (χ0n) is 13.8. The monoisotopic (exact) mass is 297 g/mol. The third-order valence-corrected chi connectivity index (χ3v) is 5.28. The molecule has 0 bridgehead atoms. The van der Waals surface area contributed by atoms with Crippen molar-refractivity contribution >= 4 is 11.3 Å². The van der Waals surface area contributed by atoms with E-state index in [-0.39, 0.29) is 5.54 Å². The highest BCUT2D eigenvalue weighted by Crippen LogP contribution is 2.27. The van der Waals surface area contributed by atoms with Gasteiger partial charge in [0.1, 0.15) is 0 Å². The Morgan fingerprint density at radius 3 is 2.45 bits per heavy atom. The Balaban J connectivity index is 2.92. The minimum absolute atomic E-state index is 0.197. The second-order valence-corrected chi connectivity index (χ2v) is 6.53. The lowest BCUT2D eigenvalue weighted by atomic mass is 9.84. The van der Waals surface area contributed by atoms with E-state index in [9.17, 15) is 0 Å². The highest BCUT2D eigenvalue weighted by molar-refractivity contribution is 7.09. The van der Waals surface area contributed by atoms with E-state index in [1.807, 2.05) is 11.7 Å². The van der Waals surface area contributed by atoms with Crippen molar-refractivity contribution in [2.24, 2.45) is 0 Å². The molecule has 1 aromatic rings. The van der Waals surface area contributed by atoms with Gasteiger partial charge in [0.05, 0.1) is 5.51 Å². The quantitative estimate of drug-likeness (QED) is 0.715. The van der Waals surface area contributed by atoms with Gasteiger partial charge in [0.15, 0.2) is 0 Å². The lowest BCUT2D eigenvalue weighted by molar-refractivity contribution is 0.0703. The van der Waals surface area contributed by atoms with Crippen LogP contribution in [0, 0.1) is 0 Å². The van der Waals surface area contributed by atoms with E-state index in [0.717, 1.165) is 32.5 Å². The number of aromatic nitrogens is 1. The standard InChI is InChI=1S/C16H31N3S/c1-6-10-18-15(11-14-12-17-13-20-14)16(5,7-2)19(8-3)9-4/h12-13,15,18H,6-11H2,1-5H3. The molecule has 0 spiro atoms. The SMILES string of the molecule is CCCNC(Cc1cncs1)C(C)(CC)N(CC)CC. The van der Waals surface area contributed by atoms with Crippen molar-refractivity contribution in [1.29, 1.82) is 0 Å². The average Bonchev–Trinajstić information content (AvgIpc) is 2.97. The van der Waals surface area contributed by atoms with Crippen molar-refractivity contribution in [2.75, 3.05) is 19.6 Å². The van der Waals surface area contributed by atoms with Crippen LogP contribution in [0.4, 0.5) is 0 Å². The van der Waals surface area contributed by atoms with E-state index in [1.54, 1.807) is 11.3 Å². The molecular weight excluding hydrogens is 266 g/mol. The van der Waals surface area contributed by atoms with E-state index < -0.39 is 0 Å². The predicted molar refractivity (Wildman–Crippen MR) is 89.5 cm³/mol. The molecule has 1 aromatic heterocycles. The molecule has 1 rings (SSSR count). The first-order valence-electron chi connectivity index (χ1n) is 7.98. The Bertz CT molecular complexity index is 349. The van der Waals surface area contributed by atoms with Crippen LogP contribution in [0.25, 0.3) is 0 Å². The Morgan fingerprint density at radius 2 is 2.00 bits per heavy atom. The lowest BCUT2D eigenvalue weighted by Gasteiger charge is -2.46. The fourth-order valence-corrected chi connectivity index (χ4v) is 3.65. The van der Waals surface area contributed by atoms with Crippen LogP contribution in [0.3, 0.4) is 0 Å². The van der Waals surface area contributed by atoms with Crippen molar-refractivity contribution in [2.45, 2.75) is 65.5 Å². The Hall–Kier alpha value is -0.450. The summed E-state index contributed by atoms with van der Waals surface area (Å²) in [5.74, 6) is 0. The maximum atomic E-state index is 4.23. The minimum atomic E-state index is 0.197. The van der Waals surface area contributed by atoms with Gasteiger partial charge in [-0.1, -0.05) is 27.7 Å². The molecule has 0 aliphatic heterocycles. The maximum absolute atomic E-state index is 4.23. The van der Waals surface area contributed by atoms with Gasteiger partial charge in [0, 0.05) is 29.1 Å². The molecule has 1 heterocycles. The fourth-order valence-electron chi connectivity index (χ4n) is 3.01. The highest BCUT2D eigenvalue weighted by atomic mass is 32.1. The first-order chi connectivity index (χ1) is 9.62. The molecule has 20 heavy (non-hydrogen) atoms. The molecule has 0 amide bonds. The second-order valence-electron chi connectivity index (χ2n) is 5.56. The van der Waals surface area contributed by atoms with E-state index >= 15 is 0 Å². The second kappa shape index (κ2) is 8.75.